The van der Waals surface area contributed by atoms with E-state index in [9.17, 15) is 9.59 Å². The Morgan fingerprint density at radius 1 is 1.32 bits per heavy atom. The number of piperidine rings is 1. The number of nitrogens with zero attached hydrogens (tertiary/aromatic N) is 3. The Hall–Kier alpha value is -2.14. The van der Waals surface area contributed by atoms with Crippen molar-refractivity contribution in [3.05, 3.63) is 45.7 Å². The first-order valence-corrected chi connectivity index (χ1v) is 8.91. The third-order valence-electron chi connectivity index (χ3n) is 5.05. The normalized spacial score (nSPS) is 18.5. The molecule has 1 fully saturated rings. The lowest BCUT2D eigenvalue weighted by molar-refractivity contribution is 0.0825. The van der Waals surface area contributed by atoms with Crippen molar-refractivity contribution in [3.63, 3.8) is 0 Å². The van der Waals surface area contributed by atoms with Crippen LogP contribution in [0.3, 0.4) is 0 Å². The number of carbonyl (C=O) groups is 1. The third-order valence-corrected chi connectivity index (χ3v) is 5.05. The average molecular weight is 341 g/mol. The molecule has 134 valence electrons. The Balaban J connectivity index is 2.11. The molecular weight excluding hydrogens is 314 g/mol. The van der Waals surface area contributed by atoms with Gasteiger partial charge in [0.1, 0.15) is 5.56 Å². The zero-order chi connectivity index (χ0) is 18.1. The van der Waals surface area contributed by atoms with Gasteiger partial charge in [0, 0.05) is 38.8 Å². The van der Waals surface area contributed by atoms with E-state index in [-0.39, 0.29) is 16.9 Å². The molecule has 5 nitrogen and oxygen atoms in total. The molecule has 1 saturated heterocycles. The first kappa shape index (κ1) is 17.7. The SMILES string of the molecule is Cc1ccc2c(c1)c(=O)c(C(=O)N(C)C)cn2CC1CCCN(C)C1. The molecule has 3 rings (SSSR count). The number of amides is 1. The minimum Gasteiger partial charge on any atom is -0.346 e. The molecule has 25 heavy (non-hydrogen) atoms. The molecular formula is C20H27N3O2. The molecule has 2 heterocycles. The number of carbonyl (C=O) groups excluding carboxylic acids is 1. The van der Waals surface area contributed by atoms with Crippen molar-refractivity contribution in [3.8, 4) is 0 Å². The summed E-state index contributed by atoms with van der Waals surface area (Å²) < 4.78 is 2.11. The number of pyridine rings is 1. The molecule has 5 heteroatoms. The first-order chi connectivity index (χ1) is 11.9. The summed E-state index contributed by atoms with van der Waals surface area (Å²) in [6.45, 7) is 5.00. The Kier molecular flexibility index (Phi) is 4.95. The summed E-state index contributed by atoms with van der Waals surface area (Å²) in [6.07, 6.45) is 4.14. The molecule has 0 aliphatic carbocycles. The minimum atomic E-state index is -0.233. The third kappa shape index (κ3) is 3.61. The lowest BCUT2D eigenvalue weighted by Gasteiger charge is -2.30. The van der Waals surface area contributed by atoms with Crippen LogP contribution in [0.1, 0.15) is 28.8 Å². The zero-order valence-electron chi connectivity index (χ0n) is 15.6. The van der Waals surface area contributed by atoms with Crippen molar-refractivity contribution in [2.24, 2.45) is 5.92 Å². The van der Waals surface area contributed by atoms with Gasteiger partial charge in [-0.3, -0.25) is 9.59 Å². The predicted molar refractivity (Wildman–Crippen MR) is 101 cm³/mol. The maximum Gasteiger partial charge on any atom is 0.258 e. The summed E-state index contributed by atoms with van der Waals surface area (Å²) in [5.41, 5.74) is 2.03. The molecule has 0 spiro atoms. The Bertz CT molecular complexity index is 854. The Morgan fingerprint density at radius 2 is 2.08 bits per heavy atom. The van der Waals surface area contributed by atoms with Crippen LogP contribution in [-0.2, 0) is 6.54 Å². The van der Waals surface area contributed by atoms with Crippen molar-refractivity contribution >= 4 is 16.8 Å². The lowest BCUT2D eigenvalue weighted by atomic mass is 9.97. The molecule has 1 aromatic carbocycles. The second-order valence-electron chi connectivity index (χ2n) is 7.51. The van der Waals surface area contributed by atoms with Crippen LogP contribution in [0.5, 0.6) is 0 Å². The quantitative estimate of drug-likeness (QED) is 0.861. The lowest BCUT2D eigenvalue weighted by Crippen LogP contribution is -2.35. The van der Waals surface area contributed by atoms with Gasteiger partial charge in [0.15, 0.2) is 0 Å². The highest BCUT2D eigenvalue weighted by molar-refractivity contribution is 5.97. The molecule has 0 bridgehead atoms. The molecule has 0 radical (unpaired) electrons. The zero-order valence-corrected chi connectivity index (χ0v) is 15.6. The van der Waals surface area contributed by atoms with Crippen LogP contribution < -0.4 is 5.43 Å². The second-order valence-corrected chi connectivity index (χ2v) is 7.51. The monoisotopic (exact) mass is 341 g/mol. The van der Waals surface area contributed by atoms with E-state index in [0.29, 0.717) is 11.3 Å². The van der Waals surface area contributed by atoms with E-state index in [1.165, 1.54) is 17.7 Å². The second kappa shape index (κ2) is 7.00. The minimum absolute atomic E-state index is 0.172. The predicted octanol–water partition coefficient (Wildman–Crippen LogP) is 2.35. The van der Waals surface area contributed by atoms with Gasteiger partial charge in [0.25, 0.3) is 5.91 Å². The highest BCUT2D eigenvalue weighted by Gasteiger charge is 2.21. The van der Waals surface area contributed by atoms with Gasteiger partial charge in [-0.15, -0.1) is 0 Å². The van der Waals surface area contributed by atoms with E-state index in [1.54, 1.807) is 20.3 Å². The van der Waals surface area contributed by atoms with Crippen LogP contribution in [-0.4, -0.2) is 54.5 Å². The maximum absolute atomic E-state index is 12.9. The van der Waals surface area contributed by atoms with Crippen molar-refractivity contribution in [2.45, 2.75) is 26.3 Å². The van der Waals surface area contributed by atoms with Crippen LogP contribution in [0, 0.1) is 12.8 Å². The van der Waals surface area contributed by atoms with Crippen molar-refractivity contribution < 1.29 is 4.79 Å². The summed E-state index contributed by atoms with van der Waals surface area (Å²) in [6, 6.07) is 5.93. The maximum atomic E-state index is 12.9. The fourth-order valence-electron chi connectivity index (χ4n) is 3.76. The molecule has 1 aromatic heterocycles. The summed E-state index contributed by atoms with van der Waals surface area (Å²) >= 11 is 0. The van der Waals surface area contributed by atoms with Gasteiger partial charge >= 0.3 is 0 Å². The number of fused-ring (bicyclic) bond motifs is 1. The summed E-state index contributed by atoms with van der Waals surface area (Å²) in [5.74, 6) is 0.302. The first-order valence-electron chi connectivity index (χ1n) is 8.91. The highest BCUT2D eigenvalue weighted by atomic mass is 16.2. The molecule has 1 unspecified atom stereocenters. The standard InChI is InChI=1S/C20H27N3O2/c1-14-7-8-18-16(10-14)19(24)17(20(25)21(2)3)13-23(18)12-15-6-5-9-22(4)11-15/h7-8,10,13,15H,5-6,9,11-12H2,1-4H3. The van der Waals surface area contributed by atoms with Crippen LogP contribution in [0.2, 0.25) is 0 Å². The number of rotatable bonds is 3. The van der Waals surface area contributed by atoms with E-state index >= 15 is 0 Å². The molecule has 1 atom stereocenters. The van der Waals surface area contributed by atoms with Gasteiger partial charge in [0.05, 0.1) is 5.52 Å². The van der Waals surface area contributed by atoms with Crippen molar-refractivity contribution in [2.75, 3.05) is 34.2 Å². The topological polar surface area (TPSA) is 45.6 Å². The highest BCUT2D eigenvalue weighted by Crippen LogP contribution is 2.21. The van der Waals surface area contributed by atoms with Gasteiger partial charge in [-0.1, -0.05) is 11.6 Å². The van der Waals surface area contributed by atoms with E-state index in [2.05, 4.69) is 16.5 Å². The van der Waals surface area contributed by atoms with Gasteiger partial charge in [-0.2, -0.15) is 0 Å². The van der Waals surface area contributed by atoms with Crippen molar-refractivity contribution in [1.82, 2.24) is 14.4 Å². The molecule has 1 amide bonds. The smallest absolute Gasteiger partial charge is 0.258 e. The average Bonchev–Trinajstić information content (AvgIpc) is 2.56. The molecule has 1 aliphatic heterocycles. The molecule has 0 saturated carbocycles. The largest absolute Gasteiger partial charge is 0.346 e. The fraction of sp³-hybridized carbons (Fsp3) is 0.500. The fourth-order valence-corrected chi connectivity index (χ4v) is 3.76. The van der Waals surface area contributed by atoms with Crippen LogP contribution in [0.15, 0.2) is 29.2 Å². The van der Waals surface area contributed by atoms with E-state index in [4.69, 9.17) is 0 Å². The summed E-state index contributed by atoms with van der Waals surface area (Å²) in [5, 5.41) is 0.636. The Morgan fingerprint density at radius 3 is 2.76 bits per heavy atom. The van der Waals surface area contributed by atoms with Crippen LogP contribution in [0.25, 0.3) is 10.9 Å². The Labute approximate surface area is 148 Å². The number of aromatic nitrogens is 1. The molecule has 2 aromatic rings. The van der Waals surface area contributed by atoms with Gasteiger partial charge < -0.3 is 14.4 Å². The van der Waals surface area contributed by atoms with E-state index in [0.717, 1.165) is 30.7 Å². The number of hydrogen-bond acceptors (Lipinski definition) is 3. The van der Waals surface area contributed by atoms with E-state index < -0.39 is 0 Å². The summed E-state index contributed by atoms with van der Waals surface area (Å²) in [4.78, 5) is 29.2. The molecule has 0 N–H and O–H groups in total. The number of likely N-dealkylation sites (tertiary alicyclic amines) is 1. The van der Waals surface area contributed by atoms with Gasteiger partial charge in [-0.25, -0.2) is 0 Å². The number of aryl methyl sites for hydroxylation is 1. The van der Waals surface area contributed by atoms with Crippen LogP contribution >= 0.6 is 0 Å². The van der Waals surface area contributed by atoms with Crippen molar-refractivity contribution in [1.29, 1.82) is 0 Å². The van der Waals surface area contributed by atoms with E-state index in [1.807, 2.05) is 25.1 Å². The molecule has 1 aliphatic rings. The van der Waals surface area contributed by atoms with Crippen LogP contribution in [0.4, 0.5) is 0 Å². The summed E-state index contributed by atoms with van der Waals surface area (Å²) in [7, 11) is 5.52. The van der Waals surface area contributed by atoms with Gasteiger partial charge in [0.2, 0.25) is 5.43 Å². The number of benzene rings is 1. The number of hydrogen-bond donors (Lipinski definition) is 0. The van der Waals surface area contributed by atoms with Gasteiger partial charge in [-0.05, 0) is 51.4 Å².